The van der Waals surface area contributed by atoms with Crippen LogP contribution in [0.4, 0.5) is 37.8 Å². The number of hydrogen-bond acceptors (Lipinski definition) is 5. The Morgan fingerprint density at radius 3 is 2.22 bits per heavy atom. The van der Waals surface area contributed by atoms with Gasteiger partial charge in [0.25, 0.3) is 0 Å². The molecular formula is C20H10ClF6N5. The molecule has 4 aromatic rings. The van der Waals surface area contributed by atoms with Crippen molar-refractivity contribution in [2.75, 3.05) is 5.32 Å². The number of alkyl halides is 6. The molecule has 164 valence electrons. The highest BCUT2D eigenvalue weighted by molar-refractivity contribution is 6.29. The van der Waals surface area contributed by atoms with Crippen LogP contribution in [0, 0.1) is 0 Å². The first kappa shape index (κ1) is 21.8. The van der Waals surface area contributed by atoms with E-state index in [-0.39, 0.29) is 22.3 Å². The van der Waals surface area contributed by atoms with Crippen molar-refractivity contribution in [1.82, 2.24) is 19.9 Å². The van der Waals surface area contributed by atoms with Gasteiger partial charge in [-0.2, -0.15) is 26.3 Å². The molecule has 0 saturated heterocycles. The van der Waals surface area contributed by atoms with Crippen LogP contribution in [0.2, 0.25) is 5.15 Å². The van der Waals surface area contributed by atoms with E-state index in [0.29, 0.717) is 17.3 Å². The first-order valence-corrected chi connectivity index (χ1v) is 9.20. The van der Waals surface area contributed by atoms with Gasteiger partial charge in [-0.25, -0.2) is 19.9 Å². The van der Waals surface area contributed by atoms with Gasteiger partial charge in [0.2, 0.25) is 0 Å². The van der Waals surface area contributed by atoms with Gasteiger partial charge in [0, 0.05) is 17.8 Å². The number of aromatic nitrogens is 4. The molecule has 0 radical (unpaired) electrons. The molecule has 4 heterocycles. The van der Waals surface area contributed by atoms with Gasteiger partial charge < -0.3 is 5.32 Å². The summed E-state index contributed by atoms with van der Waals surface area (Å²) in [5.74, 6) is 0.130. The third-order valence-corrected chi connectivity index (χ3v) is 4.58. The SMILES string of the molecule is FC(F)(F)c1ccc(Nc2ccnc3nc(-c4nc(Cl)ccc4C(F)(F)F)ccc23)nc1. The van der Waals surface area contributed by atoms with E-state index in [2.05, 4.69) is 25.3 Å². The van der Waals surface area contributed by atoms with Crippen molar-refractivity contribution in [2.45, 2.75) is 12.4 Å². The number of nitrogens with one attached hydrogen (secondary N) is 1. The lowest BCUT2D eigenvalue weighted by Crippen LogP contribution is -2.09. The van der Waals surface area contributed by atoms with Crippen LogP contribution in [0.15, 0.2) is 54.9 Å². The number of pyridine rings is 4. The van der Waals surface area contributed by atoms with Crippen molar-refractivity contribution in [3.05, 3.63) is 71.1 Å². The second kappa shape index (κ2) is 7.90. The lowest BCUT2D eigenvalue weighted by atomic mass is 10.1. The Morgan fingerprint density at radius 1 is 0.781 bits per heavy atom. The van der Waals surface area contributed by atoms with Crippen LogP contribution in [-0.2, 0) is 12.4 Å². The Morgan fingerprint density at radius 2 is 1.56 bits per heavy atom. The Bertz CT molecular complexity index is 1290. The predicted molar refractivity (Wildman–Crippen MR) is 105 cm³/mol. The number of nitrogens with zero attached hydrogens (tertiary/aromatic N) is 4. The zero-order chi connectivity index (χ0) is 23.1. The fraction of sp³-hybridized carbons (Fsp3) is 0.100. The molecule has 5 nitrogen and oxygen atoms in total. The van der Waals surface area contributed by atoms with Crippen LogP contribution in [0.1, 0.15) is 11.1 Å². The minimum absolute atomic E-state index is 0.0920. The highest BCUT2D eigenvalue weighted by atomic mass is 35.5. The van der Waals surface area contributed by atoms with Crippen molar-refractivity contribution in [1.29, 1.82) is 0 Å². The largest absolute Gasteiger partial charge is 0.418 e. The molecule has 0 saturated carbocycles. The van der Waals surface area contributed by atoms with Gasteiger partial charge in [0.15, 0.2) is 5.65 Å². The van der Waals surface area contributed by atoms with Crippen molar-refractivity contribution in [2.24, 2.45) is 0 Å². The average Bonchev–Trinajstić information content (AvgIpc) is 2.72. The van der Waals surface area contributed by atoms with Gasteiger partial charge in [-0.1, -0.05) is 11.6 Å². The standard InChI is InChI=1S/C20H10ClF6N5/c21-15-5-3-12(20(25,26)27)17(32-15)14-4-2-11-13(7-8-28-18(11)31-14)30-16-6-1-10(9-29-16)19(22,23)24/h1-9H,(H,28,29,30,31). The smallest absolute Gasteiger partial charge is 0.340 e. The fourth-order valence-electron chi connectivity index (χ4n) is 2.90. The van der Waals surface area contributed by atoms with E-state index in [9.17, 15) is 26.3 Å². The van der Waals surface area contributed by atoms with Crippen molar-refractivity contribution in [3.8, 4) is 11.4 Å². The number of fused-ring (bicyclic) bond motifs is 1. The van der Waals surface area contributed by atoms with Gasteiger partial charge in [0.05, 0.1) is 22.5 Å². The van der Waals surface area contributed by atoms with Crippen LogP contribution in [0.25, 0.3) is 22.4 Å². The van der Waals surface area contributed by atoms with Crippen LogP contribution in [0.5, 0.6) is 0 Å². The summed E-state index contributed by atoms with van der Waals surface area (Å²) in [6.45, 7) is 0. The molecule has 32 heavy (non-hydrogen) atoms. The van der Waals surface area contributed by atoms with Crippen LogP contribution < -0.4 is 5.32 Å². The molecule has 0 aliphatic rings. The van der Waals surface area contributed by atoms with Gasteiger partial charge >= 0.3 is 12.4 Å². The Balaban J connectivity index is 1.72. The summed E-state index contributed by atoms with van der Waals surface area (Å²) in [6, 6.07) is 8.20. The predicted octanol–water partition coefficient (Wildman–Crippen LogP) is 6.52. The third kappa shape index (κ3) is 4.42. The van der Waals surface area contributed by atoms with Gasteiger partial charge in [-0.15, -0.1) is 0 Å². The average molecular weight is 470 g/mol. The minimum atomic E-state index is -4.67. The molecule has 0 amide bonds. The van der Waals surface area contributed by atoms with E-state index in [0.717, 1.165) is 24.3 Å². The molecule has 4 aromatic heterocycles. The lowest BCUT2D eigenvalue weighted by molar-refractivity contribution is -0.138. The Hall–Kier alpha value is -3.47. The summed E-state index contributed by atoms with van der Waals surface area (Å²) in [5, 5.41) is 3.13. The summed E-state index contributed by atoms with van der Waals surface area (Å²) in [7, 11) is 0. The molecule has 0 aliphatic carbocycles. The molecule has 0 aromatic carbocycles. The van der Waals surface area contributed by atoms with Crippen molar-refractivity contribution >= 4 is 34.1 Å². The van der Waals surface area contributed by atoms with E-state index in [4.69, 9.17) is 11.6 Å². The minimum Gasteiger partial charge on any atom is -0.340 e. The summed E-state index contributed by atoms with van der Waals surface area (Å²) < 4.78 is 78.2. The monoisotopic (exact) mass is 469 g/mol. The number of hydrogen-bond donors (Lipinski definition) is 1. The van der Waals surface area contributed by atoms with E-state index in [1.807, 2.05) is 0 Å². The Kier molecular flexibility index (Phi) is 5.37. The zero-order valence-electron chi connectivity index (χ0n) is 15.6. The van der Waals surface area contributed by atoms with Crippen LogP contribution in [-0.4, -0.2) is 19.9 Å². The fourth-order valence-corrected chi connectivity index (χ4v) is 3.05. The highest BCUT2D eigenvalue weighted by Gasteiger charge is 2.35. The molecular weight excluding hydrogens is 460 g/mol. The second-order valence-electron chi connectivity index (χ2n) is 6.51. The second-order valence-corrected chi connectivity index (χ2v) is 6.90. The highest BCUT2D eigenvalue weighted by Crippen LogP contribution is 2.37. The Labute approximate surface area is 181 Å². The molecule has 0 bridgehead atoms. The van der Waals surface area contributed by atoms with Gasteiger partial charge in [0.1, 0.15) is 16.7 Å². The molecule has 1 N–H and O–H groups in total. The summed E-state index contributed by atoms with van der Waals surface area (Å²) in [6.07, 6.45) is -7.15. The molecule has 12 heteroatoms. The maximum atomic E-state index is 13.4. The number of halogens is 7. The number of anilines is 2. The van der Waals surface area contributed by atoms with E-state index in [1.165, 1.54) is 24.4 Å². The molecule has 0 unspecified atom stereocenters. The maximum Gasteiger partial charge on any atom is 0.418 e. The molecule has 0 atom stereocenters. The molecule has 0 aliphatic heterocycles. The lowest BCUT2D eigenvalue weighted by Gasteiger charge is -2.13. The quantitative estimate of drug-likeness (QED) is 0.273. The summed E-state index contributed by atoms with van der Waals surface area (Å²) >= 11 is 5.78. The van der Waals surface area contributed by atoms with Crippen molar-refractivity contribution < 1.29 is 26.3 Å². The summed E-state index contributed by atoms with van der Waals surface area (Å²) in [5.41, 5.74) is -1.95. The maximum absolute atomic E-state index is 13.4. The first-order valence-electron chi connectivity index (χ1n) is 8.82. The van der Waals surface area contributed by atoms with E-state index >= 15 is 0 Å². The summed E-state index contributed by atoms with van der Waals surface area (Å²) in [4.78, 5) is 15.7. The third-order valence-electron chi connectivity index (χ3n) is 4.37. The van der Waals surface area contributed by atoms with Crippen LogP contribution in [0.3, 0.4) is 0 Å². The molecule has 0 spiro atoms. The van der Waals surface area contributed by atoms with Gasteiger partial charge in [-0.05, 0) is 42.5 Å². The van der Waals surface area contributed by atoms with E-state index < -0.39 is 29.2 Å². The number of rotatable bonds is 3. The van der Waals surface area contributed by atoms with Crippen molar-refractivity contribution in [3.63, 3.8) is 0 Å². The zero-order valence-corrected chi connectivity index (χ0v) is 16.4. The molecule has 0 fully saturated rings. The first-order chi connectivity index (χ1) is 15.0. The normalized spacial score (nSPS) is 12.2. The van der Waals surface area contributed by atoms with Crippen LogP contribution >= 0.6 is 11.6 Å². The van der Waals surface area contributed by atoms with E-state index in [1.54, 1.807) is 0 Å². The molecule has 4 rings (SSSR count). The van der Waals surface area contributed by atoms with Gasteiger partial charge in [-0.3, -0.25) is 0 Å². The topological polar surface area (TPSA) is 63.6 Å².